The van der Waals surface area contributed by atoms with Crippen molar-refractivity contribution in [1.82, 2.24) is 0 Å². The number of rotatable bonds is 4. The molecule has 0 saturated carbocycles. The Balaban J connectivity index is 2.00. The summed E-state index contributed by atoms with van der Waals surface area (Å²) in [7, 11) is -3.84. The first-order chi connectivity index (χ1) is 11.5. The molecule has 0 fully saturated rings. The van der Waals surface area contributed by atoms with Gasteiger partial charge in [-0.3, -0.25) is 0 Å². The zero-order chi connectivity index (χ0) is 17.2. The fourth-order valence-corrected chi connectivity index (χ4v) is 4.03. The maximum absolute atomic E-state index is 13.3. The van der Waals surface area contributed by atoms with Gasteiger partial charge in [0.2, 0.25) is 15.9 Å². The predicted molar refractivity (Wildman–Crippen MR) is 84.1 cm³/mol. The van der Waals surface area contributed by atoms with Crippen LogP contribution in [0.5, 0.6) is 5.75 Å². The Hall–Kier alpha value is -2.50. The Labute approximate surface area is 138 Å². The molecule has 2 aromatic rings. The quantitative estimate of drug-likeness (QED) is 0.630. The highest BCUT2D eigenvalue weighted by atomic mass is 32.2. The Bertz CT molecular complexity index is 920. The third-order valence-electron chi connectivity index (χ3n) is 3.94. The molecule has 1 aliphatic heterocycles. The van der Waals surface area contributed by atoms with Gasteiger partial charge in [-0.1, -0.05) is 12.1 Å². The number of sulfone groups is 1. The van der Waals surface area contributed by atoms with E-state index in [2.05, 4.69) is 4.99 Å². The number of nitrogens with zero attached hydrogens (tertiary/aromatic N) is 1. The van der Waals surface area contributed by atoms with Crippen LogP contribution in [0.15, 0.2) is 57.2 Å². The molecule has 0 radical (unpaired) electrons. The fourth-order valence-electron chi connectivity index (χ4n) is 2.72. The van der Waals surface area contributed by atoms with Crippen molar-refractivity contribution in [2.75, 3.05) is 13.2 Å². The second-order valence-corrected chi connectivity index (χ2v) is 7.38. The van der Waals surface area contributed by atoms with Crippen LogP contribution in [0.2, 0.25) is 0 Å². The Kier molecular flexibility index (Phi) is 4.46. The van der Waals surface area contributed by atoms with Crippen LogP contribution >= 0.6 is 0 Å². The number of benzene rings is 2. The number of halogens is 1. The summed E-state index contributed by atoms with van der Waals surface area (Å²) in [5, 5.41) is 0. The highest BCUT2D eigenvalue weighted by molar-refractivity contribution is 7.91. The molecule has 5 nitrogen and oxygen atoms in total. The van der Waals surface area contributed by atoms with Crippen LogP contribution in [0.4, 0.5) is 4.39 Å². The van der Waals surface area contributed by atoms with Crippen molar-refractivity contribution in [3.05, 3.63) is 53.8 Å². The van der Waals surface area contributed by atoms with Crippen LogP contribution in [-0.2, 0) is 14.6 Å². The van der Waals surface area contributed by atoms with E-state index in [4.69, 9.17) is 4.74 Å². The molecule has 124 valence electrons. The summed E-state index contributed by atoms with van der Waals surface area (Å²) < 4.78 is 44.1. The molecule has 1 heterocycles. The highest BCUT2D eigenvalue weighted by Crippen LogP contribution is 2.36. The molecule has 0 aliphatic carbocycles. The van der Waals surface area contributed by atoms with E-state index >= 15 is 0 Å². The minimum atomic E-state index is -3.84. The maximum atomic E-state index is 13.3. The predicted octanol–water partition coefficient (Wildman–Crippen LogP) is 2.86. The monoisotopic (exact) mass is 347 g/mol. The largest absolute Gasteiger partial charge is 0.493 e. The summed E-state index contributed by atoms with van der Waals surface area (Å²) in [6.45, 7) is 0.700. The van der Waals surface area contributed by atoms with Gasteiger partial charge in [0.05, 0.1) is 22.9 Å². The van der Waals surface area contributed by atoms with Gasteiger partial charge in [-0.2, -0.15) is 0 Å². The number of aliphatic imine (C=N–C) groups is 1. The highest BCUT2D eigenvalue weighted by Gasteiger charge is 2.25. The van der Waals surface area contributed by atoms with Crippen molar-refractivity contribution in [1.29, 1.82) is 0 Å². The van der Waals surface area contributed by atoms with Crippen molar-refractivity contribution in [3.8, 4) is 5.75 Å². The van der Waals surface area contributed by atoms with Crippen molar-refractivity contribution in [2.45, 2.75) is 22.1 Å². The smallest absolute Gasteiger partial charge is 0.234 e. The number of fused-ring (bicyclic) bond motifs is 1. The summed E-state index contributed by atoms with van der Waals surface area (Å²) in [5.41, 5.74) is 0.804. The van der Waals surface area contributed by atoms with Gasteiger partial charge < -0.3 is 4.74 Å². The summed E-state index contributed by atoms with van der Waals surface area (Å²) in [6.07, 6.45) is 2.20. The van der Waals surface area contributed by atoms with E-state index in [0.29, 0.717) is 18.8 Å². The Morgan fingerprint density at radius 1 is 1.21 bits per heavy atom. The number of carbonyl (C=O) groups excluding carboxylic acids is 1. The van der Waals surface area contributed by atoms with Crippen LogP contribution in [0, 0.1) is 5.82 Å². The minimum absolute atomic E-state index is 0.0128. The van der Waals surface area contributed by atoms with E-state index < -0.39 is 15.7 Å². The van der Waals surface area contributed by atoms with E-state index in [1.54, 1.807) is 6.07 Å². The molecule has 0 aromatic heterocycles. The van der Waals surface area contributed by atoms with Crippen LogP contribution < -0.4 is 4.74 Å². The molecule has 3 rings (SSSR count). The van der Waals surface area contributed by atoms with Crippen LogP contribution in [-0.4, -0.2) is 27.6 Å². The van der Waals surface area contributed by atoms with Gasteiger partial charge in [-0.05, 0) is 42.3 Å². The molecule has 7 heteroatoms. The lowest BCUT2D eigenvalue weighted by molar-refractivity contribution is 0.268. The van der Waals surface area contributed by atoms with E-state index in [0.717, 1.165) is 11.6 Å². The van der Waals surface area contributed by atoms with Gasteiger partial charge >= 0.3 is 0 Å². The number of ether oxygens (including phenoxy) is 1. The lowest BCUT2D eigenvalue weighted by atomic mass is 9.93. The molecule has 24 heavy (non-hydrogen) atoms. The van der Waals surface area contributed by atoms with Gasteiger partial charge in [-0.25, -0.2) is 22.6 Å². The summed E-state index contributed by atoms with van der Waals surface area (Å²) in [5.74, 6) is -0.178. The number of isocyanates is 1. The van der Waals surface area contributed by atoms with Gasteiger partial charge in [-0.15, -0.1) is 0 Å². The maximum Gasteiger partial charge on any atom is 0.234 e. The summed E-state index contributed by atoms with van der Waals surface area (Å²) in [4.78, 5) is 13.8. The zero-order valence-electron chi connectivity index (χ0n) is 12.6. The van der Waals surface area contributed by atoms with Crippen molar-refractivity contribution in [2.24, 2.45) is 4.99 Å². The Morgan fingerprint density at radius 2 is 2.00 bits per heavy atom. The molecule has 1 atom stereocenters. The lowest BCUT2D eigenvalue weighted by Gasteiger charge is -2.24. The molecule has 1 aliphatic rings. The third kappa shape index (κ3) is 3.09. The SMILES string of the molecule is O=C=NCC1CCOc2cc(S(=O)(=O)c3cccc(F)c3)ccc21. The topological polar surface area (TPSA) is 72.8 Å². The molecule has 0 N–H and O–H groups in total. The first-order valence-corrected chi connectivity index (χ1v) is 8.82. The van der Waals surface area contributed by atoms with Crippen molar-refractivity contribution < 1.29 is 22.3 Å². The van der Waals surface area contributed by atoms with E-state index in [1.807, 2.05) is 0 Å². The molecule has 1 unspecified atom stereocenters. The van der Waals surface area contributed by atoms with Crippen LogP contribution in [0.1, 0.15) is 17.9 Å². The number of hydrogen-bond acceptors (Lipinski definition) is 5. The lowest BCUT2D eigenvalue weighted by Crippen LogP contribution is -2.17. The molecule has 0 spiro atoms. The average Bonchev–Trinajstić information content (AvgIpc) is 2.59. The zero-order valence-corrected chi connectivity index (χ0v) is 13.4. The molecular weight excluding hydrogens is 333 g/mol. The molecule has 0 saturated heterocycles. The van der Waals surface area contributed by atoms with E-state index in [-0.39, 0.29) is 22.3 Å². The standard InChI is InChI=1S/C17H14FNO4S/c18-13-2-1-3-14(8-13)24(21,22)15-4-5-16-12(10-19-11-20)6-7-23-17(16)9-15/h1-5,8-9,12H,6-7,10H2. The summed E-state index contributed by atoms with van der Waals surface area (Å²) >= 11 is 0. The van der Waals surface area contributed by atoms with Crippen LogP contribution in [0.3, 0.4) is 0 Å². The molecule has 0 bridgehead atoms. The molecular formula is C17H14FNO4S. The van der Waals surface area contributed by atoms with E-state index in [1.165, 1.54) is 36.4 Å². The average molecular weight is 347 g/mol. The third-order valence-corrected chi connectivity index (χ3v) is 5.69. The molecule has 0 amide bonds. The first kappa shape index (κ1) is 16.4. The van der Waals surface area contributed by atoms with Gasteiger partial charge in [0.1, 0.15) is 11.6 Å². The first-order valence-electron chi connectivity index (χ1n) is 7.33. The second kappa shape index (κ2) is 6.55. The van der Waals surface area contributed by atoms with Crippen LogP contribution in [0.25, 0.3) is 0 Å². The number of hydrogen-bond donors (Lipinski definition) is 0. The van der Waals surface area contributed by atoms with Crippen molar-refractivity contribution >= 4 is 15.9 Å². The van der Waals surface area contributed by atoms with Crippen molar-refractivity contribution in [3.63, 3.8) is 0 Å². The molecule has 2 aromatic carbocycles. The van der Waals surface area contributed by atoms with Gasteiger partial charge in [0, 0.05) is 5.92 Å². The second-order valence-electron chi connectivity index (χ2n) is 5.43. The fraction of sp³-hybridized carbons (Fsp3) is 0.235. The Morgan fingerprint density at radius 3 is 2.75 bits per heavy atom. The van der Waals surface area contributed by atoms with Gasteiger partial charge in [0.15, 0.2) is 0 Å². The summed E-state index contributed by atoms with van der Waals surface area (Å²) in [6, 6.07) is 9.43. The van der Waals surface area contributed by atoms with E-state index in [9.17, 15) is 17.6 Å². The minimum Gasteiger partial charge on any atom is -0.493 e. The normalized spacial score (nSPS) is 16.6. The van der Waals surface area contributed by atoms with Gasteiger partial charge in [0.25, 0.3) is 0 Å².